The molecular weight excluding hydrogens is 279 g/mol. The second-order valence-corrected chi connectivity index (χ2v) is 4.86. The summed E-state index contributed by atoms with van der Waals surface area (Å²) in [5.41, 5.74) is 0. The fourth-order valence-corrected chi connectivity index (χ4v) is 2.93. The van der Waals surface area contributed by atoms with Gasteiger partial charge in [-0.15, -0.1) is 0 Å². The minimum Gasteiger partial charge on any atom is -0.381 e. The van der Waals surface area contributed by atoms with Gasteiger partial charge < -0.3 is 9.47 Å². The Morgan fingerprint density at radius 3 is 2.46 bits per heavy atom. The van der Waals surface area contributed by atoms with Crippen LogP contribution < -0.4 is 0 Å². The quantitative estimate of drug-likeness (QED) is 0.575. The lowest BCUT2D eigenvalue weighted by Gasteiger charge is -2.27. The molecule has 0 radical (unpaired) electrons. The molecule has 0 spiro atoms. The molecule has 0 N–H and O–H groups in total. The van der Waals surface area contributed by atoms with Crippen LogP contribution in [0.2, 0.25) is 0 Å². The van der Waals surface area contributed by atoms with E-state index in [2.05, 4.69) is 22.6 Å². The third kappa shape index (κ3) is 2.57. The van der Waals surface area contributed by atoms with Crippen molar-refractivity contribution in [1.82, 2.24) is 0 Å². The lowest BCUT2D eigenvalue weighted by atomic mass is 9.92. The molecule has 0 bridgehead atoms. The molecule has 2 unspecified atom stereocenters. The van der Waals surface area contributed by atoms with Gasteiger partial charge in [-0.25, -0.2) is 0 Å². The van der Waals surface area contributed by atoms with Crippen molar-refractivity contribution in [3.05, 3.63) is 0 Å². The van der Waals surface area contributed by atoms with E-state index in [1.54, 1.807) is 0 Å². The fourth-order valence-electron chi connectivity index (χ4n) is 2.28. The third-order valence-corrected chi connectivity index (χ3v) is 4.09. The molecule has 0 aromatic rings. The van der Waals surface area contributed by atoms with Crippen LogP contribution in [-0.4, -0.2) is 29.8 Å². The van der Waals surface area contributed by atoms with Gasteiger partial charge in [0.1, 0.15) is 0 Å². The second kappa shape index (κ2) is 4.94. The van der Waals surface area contributed by atoms with Gasteiger partial charge in [-0.1, -0.05) is 22.6 Å². The average molecular weight is 296 g/mol. The topological polar surface area (TPSA) is 18.5 Å². The summed E-state index contributed by atoms with van der Waals surface area (Å²) >= 11 is 2.42. The summed E-state index contributed by atoms with van der Waals surface area (Å²) in [6.45, 7) is 1.89. The maximum absolute atomic E-state index is 5.99. The molecule has 2 atom stereocenters. The van der Waals surface area contributed by atoms with Gasteiger partial charge in [-0.3, -0.25) is 0 Å². The van der Waals surface area contributed by atoms with E-state index in [1.165, 1.54) is 25.7 Å². The van der Waals surface area contributed by atoms with Gasteiger partial charge in [0.25, 0.3) is 0 Å². The van der Waals surface area contributed by atoms with Crippen molar-refractivity contribution in [2.45, 2.75) is 37.9 Å². The highest BCUT2D eigenvalue weighted by Crippen LogP contribution is 2.31. The van der Waals surface area contributed by atoms with Gasteiger partial charge in [0.2, 0.25) is 0 Å². The fraction of sp³-hybridized carbons (Fsp3) is 1.00. The smallest absolute Gasteiger partial charge is 0.0669 e. The van der Waals surface area contributed by atoms with E-state index in [1.807, 2.05) is 0 Å². The molecule has 2 nitrogen and oxygen atoms in total. The van der Waals surface area contributed by atoms with Crippen molar-refractivity contribution in [1.29, 1.82) is 0 Å². The molecule has 0 aliphatic carbocycles. The Kier molecular flexibility index (Phi) is 3.86. The number of hydrogen-bond donors (Lipinski definition) is 0. The first-order valence-corrected chi connectivity index (χ1v) is 6.72. The van der Waals surface area contributed by atoms with E-state index in [-0.39, 0.29) is 0 Å². The predicted molar refractivity (Wildman–Crippen MR) is 60.3 cm³/mol. The summed E-state index contributed by atoms with van der Waals surface area (Å²) < 4.78 is 12.5. The molecule has 13 heavy (non-hydrogen) atoms. The monoisotopic (exact) mass is 296 g/mol. The normalized spacial score (nSPS) is 36.7. The van der Waals surface area contributed by atoms with Gasteiger partial charge in [-0.05, 0) is 31.6 Å². The van der Waals surface area contributed by atoms with Crippen LogP contribution in [0.5, 0.6) is 0 Å². The van der Waals surface area contributed by atoms with Gasteiger partial charge >= 0.3 is 0 Å². The summed E-state index contributed by atoms with van der Waals surface area (Å²) in [4.78, 5) is 0. The van der Waals surface area contributed by atoms with E-state index >= 15 is 0 Å². The molecule has 0 aromatic heterocycles. The molecule has 2 fully saturated rings. The van der Waals surface area contributed by atoms with E-state index < -0.39 is 0 Å². The zero-order valence-corrected chi connectivity index (χ0v) is 10.0. The maximum Gasteiger partial charge on any atom is 0.0669 e. The number of hydrogen-bond acceptors (Lipinski definition) is 2. The highest BCUT2D eigenvalue weighted by Gasteiger charge is 2.31. The van der Waals surface area contributed by atoms with Gasteiger partial charge in [0.15, 0.2) is 0 Å². The lowest BCUT2D eigenvalue weighted by Crippen LogP contribution is -2.27. The highest BCUT2D eigenvalue weighted by molar-refractivity contribution is 14.1. The summed E-state index contributed by atoms with van der Waals surface area (Å²) in [7, 11) is 0. The third-order valence-electron chi connectivity index (χ3n) is 3.10. The van der Waals surface area contributed by atoms with Crippen molar-refractivity contribution in [2.75, 3.05) is 17.6 Å². The van der Waals surface area contributed by atoms with Crippen LogP contribution in [0.25, 0.3) is 0 Å². The Bertz CT molecular complexity index is 157. The Hall–Kier alpha value is 0.650. The van der Waals surface area contributed by atoms with E-state index in [0.717, 1.165) is 23.6 Å². The molecule has 2 aliphatic rings. The molecule has 3 heteroatoms. The van der Waals surface area contributed by atoms with Gasteiger partial charge in [0, 0.05) is 17.6 Å². The number of ether oxygens (including phenoxy) is 2. The Labute approximate surface area is 93.5 Å². The summed E-state index contributed by atoms with van der Waals surface area (Å²) in [5.74, 6) is 0.779. The minimum absolute atomic E-state index is 0.536. The first-order chi connectivity index (χ1) is 6.40. The van der Waals surface area contributed by atoms with Crippen molar-refractivity contribution in [2.24, 2.45) is 5.92 Å². The molecule has 2 heterocycles. The van der Waals surface area contributed by atoms with Crippen molar-refractivity contribution < 1.29 is 9.47 Å². The molecule has 76 valence electrons. The van der Waals surface area contributed by atoms with Gasteiger partial charge in [0.05, 0.1) is 12.2 Å². The zero-order valence-electron chi connectivity index (χ0n) is 7.88. The Balaban J connectivity index is 1.80. The molecular formula is C10H17IO2. The molecule has 0 amide bonds. The standard InChI is InChI=1S/C10H17IO2/c11-7-9-1-2-10(13-9)8-3-5-12-6-4-8/h8-10H,1-7H2. The second-order valence-electron chi connectivity index (χ2n) is 3.98. The van der Waals surface area contributed by atoms with Crippen LogP contribution in [0.3, 0.4) is 0 Å². The van der Waals surface area contributed by atoms with Crippen molar-refractivity contribution in [3.8, 4) is 0 Å². The molecule has 2 saturated heterocycles. The zero-order chi connectivity index (χ0) is 9.10. The number of alkyl halides is 1. The van der Waals surface area contributed by atoms with Crippen LogP contribution >= 0.6 is 22.6 Å². The largest absolute Gasteiger partial charge is 0.381 e. The Morgan fingerprint density at radius 1 is 1.08 bits per heavy atom. The molecule has 2 rings (SSSR count). The van der Waals surface area contributed by atoms with Crippen LogP contribution in [0.4, 0.5) is 0 Å². The summed E-state index contributed by atoms with van der Waals surface area (Å²) in [5, 5.41) is 0. The Morgan fingerprint density at radius 2 is 1.85 bits per heavy atom. The van der Waals surface area contributed by atoms with Crippen LogP contribution in [0.1, 0.15) is 25.7 Å². The average Bonchev–Trinajstić information content (AvgIpc) is 2.67. The van der Waals surface area contributed by atoms with Crippen LogP contribution in [-0.2, 0) is 9.47 Å². The molecule has 0 saturated carbocycles. The number of halogens is 1. The van der Waals surface area contributed by atoms with Crippen molar-refractivity contribution >= 4 is 22.6 Å². The first kappa shape index (κ1) is 10.2. The maximum atomic E-state index is 5.99. The van der Waals surface area contributed by atoms with Gasteiger partial charge in [-0.2, -0.15) is 0 Å². The molecule has 0 aromatic carbocycles. The van der Waals surface area contributed by atoms with E-state index in [0.29, 0.717) is 12.2 Å². The van der Waals surface area contributed by atoms with E-state index in [9.17, 15) is 0 Å². The SMILES string of the molecule is ICC1CCC(C2CCOCC2)O1. The summed E-state index contributed by atoms with van der Waals surface area (Å²) in [6.07, 6.45) is 6.04. The predicted octanol–water partition coefficient (Wildman–Crippen LogP) is 2.40. The molecule has 2 aliphatic heterocycles. The number of rotatable bonds is 2. The minimum atomic E-state index is 0.536. The summed E-state index contributed by atoms with van der Waals surface area (Å²) in [6, 6.07) is 0. The lowest BCUT2D eigenvalue weighted by molar-refractivity contribution is -0.0246. The van der Waals surface area contributed by atoms with Crippen LogP contribution in [0.15, 0.2) is 0 Å². The van der Waals surface area contributed by atoms with Crippen molar-refractivity contribution in [3.63, 3.8) is 0 Å². The highest BCUT2D eigenvalue weighted by atomic mass is 127. The van der Waals surface area contributed by atoms with Crippen LogP contribution in [0, 0.1) is 5.92 Å². The van der Waals surface area contributed by atoms with E-state index in [4.69, 9.17) is 9.47 Å². The first-order valence-electron chi connectivity index (χ1n) is 5.19.